The predicted molar refractivity (Wildman–Crippen MR) is 76.7 cm³/mol. The first-order valence-corrected chi connectivity index (χ1v) is 7.17. The number of alkyl halides is 3. The molecule has 22 heavy (non-hydrogen) atoms. The Bertz CT molecular complexity index is 520. The molecule has 2 unspecified atom stereocenters. The van der Waals surface area contributed by atoms with Crippen molar-refractivity contribution in [1.82, 2.24) is 5.32 Å². The highest BCUT2D eigenvalue weighted by Crippen LogP contribution is 2.30. The van der Waals surface area contributed by atoms with Gasteiger partial charge in [-0.1, -0.05) is 18.9 Å². The fourth-order valence-corrected chi connectivity index (χ4v) is 2.65. The maximum absolute atomic E-state index is 12.6. The molecule has 1 aliphatic rings. The molecule has 2 atom stereocenters. The van der Waals surface area contributed by atoms with Gasteiger partial charge in [0.05, 0.1) is 17.7 Å². The molecule has 1 fully saturated rings. The van der Waals surface area contributed by atoms with Gasteiger partial charge in [-0.2, -0.15) is 13.2 Å². The Morgan fingerprint density at radius 1 is 1.27 bits per heavy atom. The average molecular weight is 316 g/mol. The Labute approximate surface area is 127 Å². The van der Waals surface area contributed by atoms with Gasteiger partial charge in [0.1, 0.15) is 0 Å². The zero-order valence-corrected chi connectivity index (χ0v) is 12.2. The minimum absolute atomic E-state index is 0.0546. The monoisotopic (exact) mass is 316 g/mol. The van der Waals surface area contributed by atoms with Gasteiger partial charge in [-0.3, -0.25) is 0 Å². The van der Waals surface area contributed by atoms with Crippen LogP contribution in [0.1, 0.15) is 31.2 Å². The molecule has 0 spiro atoms. The average Bonchev–Trinajstić information content (AvgIpc) is 2.47. The lowest BCUT2D eigenvalue weighted by Gasteiger charge is -2.31. The summed E-state index contributed by atoms with van der Waals surface area (Å²) < 4.78 is 43.2. The van der Waals surface area contributed by atoms with E-state index < -0.39 is 17.8 Å². The van der Waals surface area contributed by atoms with Crippen LogP contribution in [0.4, 0.5) is 23.7 Å². The largest absolute Gasteiger partial charge is 0.416 e. The highest BCUT2D eigenvalue weighted by Gasteiger charge is 2.31. The van der Waals surface area contributed by atoms with E-state index in [4.69, 9.17) is 4.74 Å². The van der Waals surface area contributed by atoms with Crippen molar-refractivity contribution in [2.45, 2.75) is 44.0 Å². The van der Waals surface area contributed by atoms with Crippen LogP contribution in [0.15, 0.2) is 24.3 Å². The molecule has 0 aromatic heterocycles. The number of rotatable bonds is 3. The molecule has 1 saturated carbocycles. The van der Waals surface area contributed by atoms with Gasteiger partial charge in [0, 0.05) is 12.8 Å². The molecule has 2 N–H and O–H groups in total. The standard InChI is InChI=1S/C15H19F3N2O2/c1-22-13-8-3-2-7-12(13)20-14(21)19-11-6-4-5-10(9-11)15(16,17)18/h4-6,9,12-13H,2-3,7-8H2,1H3,(H2,19,20,21). The highest BCUT2D eigenvalue weighted by atomic mass is 19.4. The Hall–Kier alpha value is -1.76. The number of methoxy groups -OCH3 is 1. The van der Waals surface area contributed by atoms with Crippen LogP contribution in [-0.2, 0) is 10.9 Å². The van der Waals surface area contributed by atoms with Gasteiger partial charge in [-0.15, -0.1) is 0 Å². The first-order valence-electron chi connectivity index (χ1n) is 7.17. The van der Waals surface area contributed by atoms with E-state index in [9.17, 15) is 18.0 Å². The molecule has 2 rings (SSSR count). The van der Waals surface area contributed by atoms with E-state index in [0.29, 0.717) is 0 Å². The van der Waals surface area contributed by atoms with Crippen LogP contribution >= 0.6 is 0 Å². The minimum atomic E-state index is -4.43. The second-order valence-corrected chi connectivity index (χ2v) is 5.34. The van der Waals surface area contributed by atoms with Crippen LogP contribution in [0.2, 0.25) is 0 Å². The van der Waals surface area contributed by atoms with E-state index in [1.54, 1.807) is 7.11 Å². The summed E-state index contributed by atoms with van der Waals surface area (Å²) in [7, 11) is 1.59. The number of halogens is 3. The predicted octanol–water partition coefficient (Wildman–Crippen LogP) is 3.78. The van der Waals surface area contributed by atoms with Crippen molar-refractivity contribution in [3.8, 4) is 0 Å². The molecule has 0 saturated heterocycles. The van der Waals surface area contributed by atoms with E-state index in [2.05, 4.69) is 10.6 Å². The zero-order valence-electron chi connectivity index (χ0n) is 12.2. The third-order valence-electron chi connectivity index (χ3n) is 3.77. The maximum Gasteiger partial charge on any atom is 0.416 e. The summed E-state index contributed by atoms with van der Waals surface area (Å²) in [6, 6.07) is 3.91. The Balaban J connectivity index is 1.97. The normalized spacial score (nSPS) is 22.2. The summed E-state index contributed by atoms with van der Waals surface area (Å²) in [5.74, 6) is 0. The summed E-state index contributed by atoms with van der Waals surface area (Å²) >= 11 is 0. The molecule has 122 valence electrons. The van der Waals surface area contributed by atoms with Gasteiger partial charge in [0.15, 0.2) is 0 Å². The molecule has 0 radical (unpaired) electrons. The number of hydrogen-bond donors (Lipinski definition) is 2. The summed E-state index contributed by atoms with van der Waals surface area (Å²) in [5, 5.41) is 5.21. The van der Waals surface area contributed by atoms with Crippen LogP contribution in [-0.4, -0.2) is 25.3 Å². The van der Waals surface area contributed by atoms with E-state index in [-0.39, 0.29) is 17.8 Å². The number of benzene rings is 1. The van der Waals surface area contributed by atoms with E-state index in [1.165, 1.54) is 12.1 Å². The smallest absolute Gasteiger partial charge is 0.379 e. The first-order chi connectivity index (χ1) is 10.4. The quantitative estimate of drug-likeness (QED) is 0.891. The molecule has 0 aliphatic heterocycles. The lowest BCUT2D eigenvalue weighted by Crippen LogP contribution is -2.47. The molecule has 1 aromatic carbocycles. The van der Waals surface area contributed by atoms with Crippen molar-refractivity contribution in [2.24, 2.45) is 0 Å². The molecule has 4 nitrogen and oxygen atoms in total. The lowest BCUT2D eigenvalue weighted by molar-refractivity contribution is -0.137. The summed E-state index contributed by atoms with van der Waals surface area (Å²) in [5.41, 5.74) is -0.685. The number of anilines is 1. The van der Waals surface area contributed by atoms with Crippen molar-refractivity contribution >= 4 is 11.7 Å². The molecule has 0 bridgehead atoms. The second kappa shape index (κ2) is 7.00. The van der Waals surface area contributed by atoms with E-state index in [1.807, 2.05) is 0 Å². The molecule has 1 aromatic rings. The van der Waals surface area contributed by atoms with Crippen molar-refractivity contribution in [1.29, 1.82) is 0 Å². The minimum Gasteiger partial charge on any atom is -0.379 e. The summed E-state index contributed by atoms with van der Waals surface area (Å²) in [4.78, 5) is 11.9. The Morgan fingerprint density at radius 2 is 2.00 bits per heavy atom. The molecular weight excluding hydrogens is 297 g/mol. The number of carbonyl (C=O) groups is 1. The second-order valence-electron chi connectivity index (χ2n) is 5.34. The first kappa shape index (κ1) is 16.6. The fraction of sp³-hybridized carbons (Fsp3) is 0.533. The SMILES string of the molecule is COC1CCCCC1NC(=O)Nc1cccc(C(F)(F)F)c1. The fourth-order valence-electron chi connectivity index (χ4n) is 2.65. The maximum atomic E-state index is 12.6. The summed E-state index contributed by atoms with van der Waals surface area (Å²) in [6.07, 6.45) is -0.778. The number of hydrogen-bond acceptors (Lipinski definition) is 2. The third-order valence-corrected chi connectivity index (χ3v) is 3.77. The summed E-state index contributed by atoms with van der Waals surface area (Å²) in [6.45, 7) is 0. The van der Waals surface area contributed by atoms with Gasteiger partial charge in [0.2, 0.25) is 0 Å². The molecule has 0 heterocycles. The Morgan fingerprint density at radius 3 is 2.68 bits per heavy atom. The van der Waals surface area contributed by atoms with Crippen molar-refractivity contribution in [2.75, 3.05) is 12.4 Å². The topological polar surface area (TPSA) is 50.4 Å². The van der Waals surface area contributed by atoms with Crippen LogP contribution in [0.25, 0.3) is 0 Å². The van der Waals surface area contributed by atoms with Gasteiger partial charge < -0.3 is 15.4 Å². The molecule has 7 heteroatoms. The number of urea groups is 1. The number of carbonyl (C=O) groups excluding carboxylic acids is 1. The van der Waals surface area contributed by atoms with Gasteiger partial charge >= 0.3 is 12.2 Å². The van der Waals surface area contributed by atoms with Crippen LogP contribution in [0.3, 0.4) is 0 Å². The van der Waals surface area contributed by atoms with Crippen molar-refractivity contribution in [3.05, 3.63) is 29.8 Å². The number of nitrogens with one attached hydrogen (secondary N) is 2. The zero-order chi connectivity index (χ0) is 16.2. The van der Waals surface area contributed by atoms with Crippen molar-refractivity contribution < 1.29 is 22.7 Å². The van der Waals surface area contributed by atoms with Crippen molar-refractivity contribution in [3.63, 3.8) is 0 Å². The van der Waals surface area contributed by atoms with E-state index >= 15 is 0 Å². The van der Waals surface area contributed by atoms with Crippen LogP contribution < -0.4 is 10.6 Å². The number of ether oxygens (including phenoxy) is 1. The highest BCUT2D eigenvalue weighted by molar-refractivity contribution is 5.89. The van der Waals surface area contributed by atoms with Gasteiger partial charge in [0.25, 0.3) is 0 Å². The van der Waals surface area contributed by atoms with E-state index in [0.717, 1.165) is 37.8 Å². The number of amides is 2. The lowest BCUT2D eigenvalue weighted by atomic mass is 9.92. The van der Waals surface area contributed by atoms with Crippen LogP contribution in [0, 0.1) is 0 Å². The molecule has 1 aliphatic carbocycles. The molecular formula is C15H19F3N2O2. The Kier molecular flexibility index (Phi) is 5.28. The van der Waals surface area contributed by atoms with Gasteiger partial charge in [-0.05, 0) is 31.0 Å². The third kappa shape index (κ3) is 4.37. The van der Waals surface area contributed by atoms with Crippen LogP contribution in [0.5, 0.6) is 0 Å². The molecule has 2 amide bonds. The van der Waals surface area contributed by atoms with Gasteiger partial charge in [-0.25, -0.2) is 4.79 Å².